The molecule has 9 heteroatoms. The van der Waals surface area contributed by atoms with Crippen LogP contribution in [0.5, 0.6) is 0 Å². The molecule has 0 saturated carbocycles. The van der Waals surface area contributed by atoms with Gasteiger partial charge in [0.15, 0.2) is 0 Å². The summed E-state index contributed by atoms with van der Waals surface area (Å²) in [5.74, 6) is 0. The molecule has 0 spiro atoms. The lowest BCUT2D eigenvalue weighted by molar-refractivity contribution is 0.239. The van der Waals surface area contributed by atoms with E-state index in [0.717, 1.165) is 35.4 Å². The van der Waals surface area contributed by atoms with Crippen LogP contribution in [-0.2, 0) is 29.3 Å². The van der Waals surface area contributed by atoms with E-state index in [2.05, 4.69) is 25.2 Å². The zero-order valence-corrected chi connectivity index (χ0v) is 15.1. The fourth-order valence-electron chi connectivity index (χ4n) is 2.98. The van der Waals surface area contributed by atoms with Crippen molar-refractivity contribution in [2.45, 2.75) is 24.7 Å². The van der Waals surface area contributed by atoms with Crippen LogP contribution in [-0.4, -0.2) is 51.1 Å². The van der Waals surface area contributed by atoms with Gasteiger partial charge in [-0.1, -0.05) is 23.4 Å². The second kappa shape index (κ2) is 6.58. The average molecular weight is 370 g/mol. The van der Waals surface area contributed by atoms with E-state index >= 15 is 0 Å². The summed E-state index contributed by atoms with van der Waals surface area (Å²) >= 11 is 0. The van der Waals surface area contributed by atoms with E-state index in [0.29, 0.717) is 19.5 Å². The highest BCUT2D eigenvalue weighted by Crippen LogP contribution is 2.19. The Morgan fingerprint density at radius 3 is 2.77 bits per heavy atom. The van der Waals surface area contributed by atoms with Crippen LogP contribution in [0, 0.1) is 0 Å². The van der Waals surface area contributed by atoms with Gasteiger partial charge in [-0.15, -0.1) is 5.10 Å². The summed E-state index contributed by atoms with van der Waals surface area (Å²) in [5, 5.41) is 8.33. The number of para-hydroxylation sites is 1. The number of aromatic nitrogens is 5. The maximum absolute atomic E-state index is 11.6. The van der Waals surface area contributed by atoms with Crippen molar-refractivity contribution in [2.24, 2.45) is 0 Å². The molecule has 0 fully saturated rings. The van der Waals surface area contributed by atoms with E-state index in [1.54, 1.807) is 10.9 Å². The highest BCUT2D eigenvalue weighted by Gasteiger charge is 2.21. The molecular weight excluding hydrogens is 352 g/mol. The normalized spacial score (nSPS) is 15.0. The van der Waals surface area contributed by atoms with Gasteiger partial charge in [0.1, 0.15) is 0 Å². The van der Waals surface area contributed by atoms with Gasteiger partial charge in [0.05, 0.1) is 23.3 Å². The number of rotatable bonds is 4. The average Bonchev–Trinajstić information content (AvgIpc) is 3.10. The summed E-state index contributed by atoms with van der Waals surface area (Å²) in [4.78, 5) is 10.4. The number of hydrogen-bond acceptors (Lipinski definition) is 7. The molecule has 3 heterocycles. The van der Waals surface area contributed by atoms with Gasteiger partial charge in [-0.2, -0.15) is 0 Å². The smallest absolute Gasteiger partial charge is 0.246 e. The number of benzene rings is 1. The first kappa shape index (κ1) is 16.8. The minimum atomic E-state index is -3.38. The largest absolute Gasteiger partial charge is 0.293 e. The van der Waals surface area contributed by atoms with Crippen molar-refractivity contribution in [3.63, 3.8) is 0 Å². The van der Waals surface area contributed by atoms with Crippen molar-refractivity contribution in [1.82, 2.24) is 29.9 Å². The minimum Gasteiger partial charge on any atom is -0.293 e. The van der Waals surface area contributed by atoms with Crippen molar-refractivity contribution in [3.8, 4) is 5.69 Å². The second-order valence-electron chi connectivity index (χ2n) is 6.35. The molecular formula is C17H18N6O2S. The molecule has 8 nitrogen and oxygen atoms in total. The summed E-state index contributed by atoms with van der Waals surface area (Å²) in [6.07, 6.45) is 5.35. The second-order valence-corrected chi connectivity index (χ2v) is 8.26. The van der Waals surface area contributed by atoms with E-state index in [1.165, 1.54) is 0 Å². The number of hydrogen-bond donors (Lipinski definition) is 0. The molecule has 1 aromatic carbocycles. The van der Waals surface area contributed by atoms with Gasteiger partial charge >= 0.3 is 0 Å². The van der Waals surface area contributed by atoms with Crippen molar-refractivity contribution in [3.05, 3.63) is 59.7 Å². The van der Waals surface area contributed by atoms with Crippen LogP contribution in [0.25, 0.3) is 5.69 Å². The highest BCUT2D eigenvalue weighted by atomic mass is 32.2. The van der Waals surface area contributed by atoms with Gasteiger partial charge < -0.3 is 0 Å². The molecule has 0 atom stereocenters. The van der Waals surface area contributed by atoms with Gasteiger partial charge in [0.25, 0.3) is 0 Å². The molecule has 2 aromatic heterocycles. The van der Waals surface area contributed by atoms with Crippen LogP contribution in [0.4, 0.5) is 0 Å². The molecule has 0 bridgehead atoms. The molecule has 0 unspecified atom stereocenters. The van der Waals surface area contributed by atoms with Crippen LogP contribution < -0.4 is 0 Å². The van der Waals surface area contributed by atoms with Crippen molar-refractivity contribution in [1.29, 1.82) is 0 Å². The first-order valence-corrected chi connectivity index (χ1v) is 10.1. The van der Waals surface area contributed by atoms with E-state index in [4.69, 9.17) is 0 Å². The Morgan fingerprint density at radius 2 is 2.00 bits per heavy atom. The topological polar surface area (TPSA) is 93.9 Å². The third-order valence-corrected chi connectivity index (χ3v) is 5.13. The lowest BCUT2D eigenvalue weighted by Crippen LogP contribution is -2.31. The SMILES string of the molecule is CS(=O)(=O)c1ncc2c(n1)CCN(Cc1cn(-c3ccccc3)nn1)C2. The molecule has 0 amide bonds. The number of sulfone groups is 1. The first-order chi connectivity index (χ1) is 12.5. The van der Waals surface area contributed by atoms with E-state index in [9.17, 15) is 8.42 Å². The Balaban J connectivity index is 1.48. The van der Waals surface area contributed by atoms with Crippen LogP contribution in [0.3, 0.4) is 0 Å². The highest BCUT2D eigenvalue weighted by molar-refractivity contribution is 7.90. The Bertz CT molecular complexity index is 1030. The van der Waals surface area contributed by atoms with Crippen LogP contribution >= 0.6 is 0 Å². The monoisotopic (exact) mass is 370 g/mol. The Labute approximate surface area is 151 Å². The third-order valence-electron chi connectivity index (χ3n) is 4.27. The van der Waals surface area contributed by atoms with E-state index in [-0.39, 0.29) is 5.16 Å². The Kier molecular flexibility index (Phi) is 4.25. The van der Waals surface area contributed by atoms with Crippen LogP contribution in [0.1, 0.15) is 17.0 Å². The van der Waals surface area contributed by atoms with Gasteiger partial charge in [-0.25, -0.2) is 23.1 Å². The summed E-state index contributed by atoms with van der Waals surface area (Å²) in [6, 6.07) is 9.84. The maximum Gasteiger partial charge on any atom is 0.246 e. The predicted octanol–water partition coefficient (Wildman–Crippen LogP) is 1.02. The molecule has 0 N–H and O–H groups in total. The lowest BCUT2D eigenvalue weighted by atomic mass is 10.1. The Hall–Kier alpha value is -2.65. The summed E-state index contributed by atoms with van der Waals surface area (Å²) in [5.41, 5.74) is 3.62. The molecule has 4 rings (SSSR count). The van der Waals surface area contributed by atoms with Crippen molar-refractivity contribution < 1.29 is 8.42 Å². The first-order valence-electron chi connectivity index (χ1n) is 8.23. The third kappa shape index (κ3) is 3.49. The fourth-order valence-corrected chi connectivity index (χ4v) is 3.50. The number of fused-ring (bicyclic) bond motifs is 1. The minimum absolute atomic E-state index is 0.101. The quantitative estimate of drug-likeness (QED) is 0.633. The van der Waals surface area contributed by atoms with E-state index < -0.39 is 9.84 Å². The van der Waals surface area contributed by atoms with Crippen LogP contribution in [0.2, 0.25) is 0 Å². The zero-order valence-electron chi connectivity index (χ0n) is 14.3. The molecule has 0 saturated heterocycles. The summed E-state index contributed by atoms with van der Waals surface area (Å²) in [6.45, 7) is 2.11. The van der Waals surface area contributed by atoms with Gasteiger partial charge in [-0.05, 0) is 12.1 Å². The maximum atomic E-state index is 11.6. The zero-order chi connectivity index (χ0) is 18.1. The molecule has 0 radical (unpaired) electrons. The van der Waals surface area contributed by atoms with Gasteiger partial charge in [0, 0.05) is 44.1 Å². The van der Waals surface area contributed by atoms with Crippen molar-refractivity contribution in [2.75, 3.05) is 12.8 Å². The van der Waals surface area contributed by atoms with Crippen LogP contribution in [0.15, 0.2) is 47.9 Å². The molecule has 134 valence electrons. The van der Waals surface area contributed by atoms with Gasteiger partial charge in [0.2, 0.25) is 15.0 Å². The summed E-state index contributed by atoms with van der Waals surface area (Å²) < 4.78 is 24.9. The van der Waals surface area contributed by atoms with Gasteiger partial charge in [-0.3, -0.25) is 4.90 Å². The molecule has 1 aliphatic heterocycles. The fraction of sp³-hybridized carbons (Fsp3) is 0.294. The predicted molar refractivity (Wildman–Crippen MR) is 94.3 cm³/mol. The summed E-state index contributed by atoms with van der Waals surface area (Å²) in [7, 11) is -3.38. The molecule has 3 aromatic rings. The molecule has 26 heavy (non-hydrogen) atoms. The van der Waals surface area contributed by atoms with E-state index in [1.807, 2.05) is 36.5 Å². The standard InChI is InChI=1S/C17H18N6O2S/c1-26(24,25)17-18-9-13-10-22(8-7-16(13)19-17)11-14-12-23(21-20-14)15-5-3-2-4-6-15/h2-6,9,12H,7-8,10-11H2,1H3. The molecule has 0 aliphatic carbocycles. The molecule has 1 aliphatic rings. The number of nitrogens with zero attached hydrogens (tertiary/aromatic N) is 6. The lowest BCUT2D eigenvalue weighted by Gasteiger charge is -2.27. The Morgan fingerprint density at radius 1 is 1.19 bits per heavy atom. The van der Waals surface area contributed by atoms with Crippen molar-refractivity contribution >= 4 is 9.84 Å².